The van der Waals surface area contributed by atoms with Gasteiger partial charge in [-0.2, -0.15) is 0 Å². The third-order valence-electron chi connectivity index (χ3n) is 3.57. The van der Waals surface area contributed by atoms with E-state index >= 15 is 0 Å². The van der Waals surface area contributed by atoms with Gasteiger partial charge in [0.05, 0.1) is 13.2 Å². The second-order valence-electron chi connectivity index (χ2n) is 5.41. The summed E-state index contributed by atoms with van der Waals surface area (Å²) in [5, 5.41) is 6.61. The van der Waals surface area contributed by atoms with Crippen LogP contribution in [0, 0.1) is 0 Å². The fourth-order valence-electron chi connectivity index (χ4n) is 2.33. The van der Waals surface area contributed by atoms with Crippen molar-refractivity contribution >= 4 is 5.96 Å². The monoisotopic (exact) mass is 341 g/mol. The predicted molar refractivity (Wildman–Crippen MR) is 102 cm³/mol. The fourth-order valence-corrected chi connectivity index (χ4v) is 2.33. The largest absolute Gasteiger partial charge is 0.494 e. The van der Waals surface area contributed by atoms with E-state index in [4.69, 9.17) is 9.47 Å². The first-order valence-electron chi connectivity index (χ1n) is 8.66. The van der Waals surface area contributed by atoms with Crippen LogP contribution >= 0.6 is 0 Å². The van der Waals surface area contributed by atoms with Gasteiger partial charge in [0.1, 0.15) is 11.5 Å². The van der Waals surface area contributed by atoms with Gasteiger partial charge < -0.3 is 20.1 Å². The van der Waals surface area contributed by atoms with Gasteiger partial charge >= 0.3 is 0 Å². The molecule has 134 valence electrons. The molecule has 5 nitrogen and oxygen atoms in total. The van der Waals surface area contributed by atoms with Crippen LogP contribution in [0.25, 0.3) is 0 Å². The third kappa shape index (κ3) is 6.75. The van der Waals surface area contributed by atoms with E-state index < -0.39 is 0 Å². The second kappa shape index (κ2) is 11.0. The van der Waals surface area contributed by atoms with Gasteiger partial charge in [-0.05, 0) is 31.5 Å². The van der Waals surface area contributed by atoms with Crippen LogP contribution in [0.4, 0.5) is 0 Å². The summed E-state index contributed by atoms with van der Waals surface area (Å²) in [6.45, 7) is 4.77. The number of nitrogens with zero attached hydrogens (tertiary/aromatic N) is 1. The predicted octanol–water partition coefficient (Wildman–Crippen LogP) is 3.22. The summed E-state index contributed by atoms with van der Waals surface area (Å²) >= 11 is 0. The number of aliphatic imine (C=N–C) groups is 1. The highest BCUT2D eigenvalue weighted by molar-refractivity contribution is 5.79. The molecule has 0 saturated carbocycles. The van der Waals surface area contributed by atoms with Crippen molar-refractivity contribution in [1.82, 2.24) is 10.6 Å². The molecule has 0 bridgehead atoms. The number of para-hydroxylation sites is 2. The van der Waals surface area contributed by atoms with Gasteiger partial charge in [-0.1, -0.05) is 36.4 Å². The lowest BCUT2D eigenvalue weighted by Crippen LogP contribution is -2.37. The van der Waals surface area contributed by atoms with Crippen molar-refractivity contribution in [3.63, 3.8) is 0 Å². The van der Waals surface area contributed by atoms with Gasteiger partial charge in [0.15, 0.2) is 5.96 Å². The highest BCUT2D eigenvalue weighted by atomic mass is 16.5. The lowest BCUT2D eigenvalue weighted by molar-refractivity contribution is 0.311. The molecule has 5 heteroatoms. The number of guanidine groups is 1. The lowest BCUT2D eigenvalue weighted by atomic mass is 10.2. The maximum Gasteiger partial charge on any atom is 0.191 e. The van der Waals surface area contributed by atoms with Gasteiger partial charge in [0.25, 0.3) is 0 Å². The molecule has 0 unspecified atom stereocenters. The molecule has 2 rings (SSSR count). The summed E-state index contributed by atoms with van der Waals surface area (Å²) in [4.78, 5) is 4.25. The Morgan fingerprint density at radius 2 is 1.72 bits per heavy atom. The first-order valence-corrected chi connectivity index (χ1v) is 8.66. The standard InChI is InChI=1S/C20H27N3O2/c1-3-24-19-13-8-7-10-17(19)16-23-20(21-2)22-14-9-15-25-18-11-5-4-6-12-18/h4-8,10-13H,3,9,14-16H2,1-2H3,(H2,21,22,23). The number of benzene rings is 2. The molecule has 0 fully saturated rings. The van der Waals surface area contributed by atoms with Crippen molar-refractivity contribution in [1.29, 1.82) is 0 Å². The maximum atomic E-state index is 5.68. The van der Waals surface area contributed by atoms with E-state index in [-0.39, 0.29) is 0 Å². The van der Waals surface area contributed by atoms with Crippen LogP contribution in [-0.4, -0.2) is 32.8 Å². The number of rotatable bonds is 9. The molecule has 0 aliphatic carbocycles. The average Bonchev–Trinajstić information content (AvgIpc) is 2.66. The average molecular weight is 341 g/mol. The molecule has 2 N–H and O–H groups in total. The molecule has 0 aliphatic rings. The minimum atomic E-state index is 0.658. The Kier molecular flexibility index (Phi) is 8.18. The molecule has 2 aromatic rings. The summed E-state index contributed by atoms with van der Waals surface area (Å²) in [5.74, 6) is 2.58. The van der Waals surface area contributed by atoms with Gasteiger partial charge in [0.2, 0.25) is 0 Å². The molecule has 0 spiro atoms. The zero-order chi connectivity index (χ0) is 17.7. The Balaban J connectivity index is 1.69. The van der Waals surface area contributed by atoms with E-state index in [1.165, 1.54) is 0 Å². The van der Waals surface area contributed by atoms with E-state index in [9.17, 15) is 0 Å². The maximum absolute atomic E-state index is 5.68. The molecule has 0 saturated heterocycles. The molecule has 0 aromatic heterocycles. The van der Waals surface area contributed by atoms with Crippen LogP contribution in [0.2, 0.25) is 0 Å². The van der Waals surface area contributed by atoms with Crippen molar-refractivity contribution < 1.29 is 9.47 Å². The number of hydrogen-bond donors (Lipinski definition) is 2. The fraction of sp³-hybridized carbons (Fsp3) is 0.350. The summed E-state index contributed by atoms with van der Waals surface area (Å²) in [6, 6.07) is 17.9. The zero-order valence-corrected chi connectivity index (χ0v) is 15.0. The Hall–Kier alpha value is -2.69. The number of ether oxygens (including phenoxy) is 2. The topological polar surface area (TPSA) is 54.9 Å². The molecule has 0 amide bonds. The molecular weight excluding hydrogens is 314 g/mol. The Morgan fingerprint density at radius 3 is 2.48 bits per heavy atom. The van der Waals surface area contributed by atoms with Crippen LogP contribution in [0.3, 0.4) is 0 Å². The summed E-state index contributed by atoms with van der Waals surface area (Å²) in [7, 11) is 1.77. The van der Waals surface area contributed by atoms with Gasteiger partial charge in [-0.3, -0.25) is 4.99 Å². The van der Waals surface area contributed by atoms with Crippen molar-refractivity contribution in [2.24, 2.45) is 4.99 Å². The first kappa shape index (κ1) is 18.6. The highest BCUT2D eigenvalue weighted by Gasteiger charge is 2.03. The normalized spacial score (nSPS) is 11.0. The molecular formula is C20H27N3O2. The van der Waals surface area contributed by atoms with E-state index in [0.717, 1.165) is 36.0 Å². The van der Waals surface area contributed by atoms with Crippen LogP contribution in [0.1, 0.15) is 18.9 Å². The van der Waals surface area contributed by atoms with Crippen LogP contribution < -0.4 is 20.1 Å². The number of hydrogen-bond acceptors (Lipinski definition) is 3. The zero-order valence-electron chi connectivity index (χ0n) is 15.0. The lowest BCUT2D eigenvalue weighted by Gasteiger charge is -2.14. The highest BCUT2D eigenvalue weighted by Crippen LogP contribution is 2.17. The van der Waals surface area contributed by atoms with Crippen LogP contribution in [-0.2, 0) is 6.54 Å². The molecule has 2 aromatic carbocycles. The number of nitrogens with one attached hydrogen (secondary N) is 2. The van der Waals surface area contributed by atoms with Gasteiger partial charge in [0, 0.05) is 25.7 Å². The van der Waals surface area contributed by atoms with E-state index in [2.05, 4.69) is 21.7 Å². The molecule has 0 heterocycles. The van der Waals surface area contributed by atoms with Crippen molar-refractivity contribution in [2.45, 2.75) is 19.9 Å². The van der Waals surface area contributed by atoms with Gasteiger partial charge in [-0.25, -0.2) is 0 Å². The van der Waals surface area contributed by atoms with Crippen molar-refractivity contribution in [3.05, 3.63) is 60.2 Å². The summed E-state index contributed by atoms with van der Waals surface area (Å²) < 4.78 is 11.3. The Morgan fingerprint density at radius 1 is 0.960 bits per heavy atom. The SMILES string of the molecule is CCOc1ccccc1CNC(=NC)NCCCOc1ccccc1. The Bertz CT molecular complexity index is 644. The summed E-state index contributed by atoms with van der Waals surface area (Å²) in [5.41, 5.74) is 1.11. The second-order valence-corrected chi connectivity index (χ2v) is 5.41. The smallest absolute Gasteiger partial charge is 0.191 e. The quantitative estimate of drug-likeness (QED) is 0.418. The molecule has 0 radical (unpaired) electrons. The van der Waals surface area contributed by atoms with E-state index in [1.807, 2.05) is 55.5 Å². The molecule has 0 aliphatic heterocycles. The van der Waals surface area contributed by atoms with Crippen LogP contribution in [0.5, 0.6) is 11.5 Å². The van der Waals surface area contributed by atoms with Crippen molar-refractivity contribution in [3.8, 4) is 11.5 Å². The molecule has 25 heavy (non-hydrogen) atoms. The molecule has 0 atom stereocenters. The van der Waals surface area contributed by atoms with E-state index in [1.54, 1.807) is 7.05 Å². The summed E-state index contributed by atoms with van der Waals surface area (Å²) in [6.07, 6.45) is 0.894. The van der Waals surface area contributed by atoms with Crippen LogP contribution in [0.15, 0.2) is 59.6 Å². The minimum absolute atomic E-state index is 0.658. The van der Waals surface area contributed by atoms with Gasteiger partial charge in [-0.15, -0.1) is 0 Å². The minimum Gasteiger partial charge on any atom is -0.494 e. The first-order chi connectivity index (χ1) is 12.3. The third-order valence-corrected chi connectivity index (χ3v) is 3.57. The van der Waals surface area contributed by atoms with E-state index in [0.29, 0.717) is 19.8 Å². The van der Waals surface area contributed by atoms with Crippen molar-refractivity contribution in [2.75, 3.05) is 26.8 Å². The Labute approximate surface area is 150 Å².